The van der Waals surface area contributed by atoms with Crippen LogP contribution in [0.15, 0.2) is 48.8 Å². The van der Waals surface area contributed by atoms with E-state index in [4.69, 9.17) is 11.6 Å². The first-order valence-electron chi connectivity index (χ1n) is 8.05. The van der Waals surface area contributed by atoms with Gasteiger partial charge in [0.05, 0.1) is 11.6 Å². The van der Waals surface area contributed by atoms with Crippen molar-refractivity contribution in [2.45, 2.75) is 25.4 Å². The topological polar surface area (TPSA) is 34.0 Å². The van der Waals surface area contributed by atoms with Gasteiger partial charge in [-0.25, -0.2) is 4.98 Å². The summed E-state index contributed by atoms with van der Waals surface area (Å²) in [6.07, 6.45) is 6.16. The van der Waals surface area contributed by atoms with Crippen LogP contribution in [-0.4, -0.2) is 32.8 Å². The van der Waals surface area contributed by atoms with Crippen LogP contribution in [-0.2, 0) is 6.54 Å². The number of hydrogen-bond acceptors (Lipinski definition) is 3. The van der Waals surface area contributed by atoms with Crippen LogP contribution in [0.3, 0.4) is 0 Å². The monoisotopic (exact) mass is 326 g/mol. The normalized spacial score (nSPS) is 16.9. The Bertz CT molecular complexity index is 792. The Balaban J connectivity index is 1.46. The van der Waals surface area contributed by atoms with Crippen molar-refractivity contribution in [2.75, 3.05) is 13.1 Å². The van der Waals surface area contributed by atoms with Crippen molar-refractivity contribution < 1.29 is 0 Å². The van der Waals surface area contributed by atoms with Crippen molar-refractivity contribution in [2.24, 2.45) is 0 Å². The van der Waals surface area contributed by atoms with Crippen LogP contribution in [0.4, 0.5) is 0 Å². The number of halogens is 1. The first-order chi connectivity index (χ1) is 11.3. The Hall–Kier alpha value is -1.91. The predicted molar refractivity (Wildman–Crippen MR) is 92.5 cm³/mol. The molecular formula is C18H19ClN4. The summed E-state index contributed by atoms with van der Waals surface area (Å²) in [5.41, 5.74) is 2.07. The van der Waals surface area contributed by atoms with Gasteiger partial charge in [-0.1, -0.05) is 29.8 Å². The van der Waals surface area contributed by atoms with Gasteiger partial charge < -0.3 is 0 Å². The number of aromatic nitrogens is 3. The van der Waals surface area contributed by atoms with Crippen LogP contribution >= 0.6 is 11.6 Å². The molecule has 2 aromatic heterocycles. The molecule has 0 bridgehead atoms. The first-order valence-corrected chi connectivity index (χ1v) is 8.43. The summed E-state index contributed by atoms with van der Waals surface area (Å²) in [6, 6.07) is 12.8. The van der Waals surface area contributed by atoms with E-state index >= 15 is 0 Å². The summed E-state index contributed by atoms with van der Waals surface area (Å²) in [6.45, 7) is 2.99. The van der Waals surface area contributed by atoms with Crippen LogP contribution < -0.4 is 0 Å². The zero-order valence-electron chi connectivity index (χ0n) is 12.9. The Labute approximate surface area is 140 Å². The van der Waals surface area contributed by atoms with Gasteiger partial charge in [0.1, 0.15) is 5.15 Å². The minimum absolute atomic E-state index is 0.520. The zero-order valence-corrected chi connectivity index (χ0v) is 13.7. The lowest BCUT2D eigenvalue weighted by Gasteiger charge is -2.32. The summed E-state index contributed by atoms with van der Waals surface area (Å²) in [5, 5.41) is 6.14. The quantitative estimate of drug-likeness (QED) is 0.684. The third-order valence-electron chi connectivity index (χ3n) is 4.60. The van der Waals surface area contributed by atoms with Gasteiger partial charge in [0.15, 0.2) is 0 Å². The van der Waals surface area contributed by atoms with E-state index in [0.29, 0.717) is 11.2 Å². The predicted octanol–water partition coefficient (Wildman–Crippen LogP) is 3.92. The van der Waals surface area contributed by atoms with Gasteiger partial charge in [0, 0.05) is 43.0 Å². The van der Waals surface area contributed by atoms with Gasteiger partial charge in [-0.05, 0) is 31.0 Å². The molecule has 0 saturated carbocycles. The van der Waals surface area contributed by atoms with Crippen LogP contribution in [0, 0.1) is 0 Å². The Morgan fingerprint density at radius 3 is 2.74 bits per heavy atom. The van der Waals surface area contributed by atoms with E-state index in [-0.39, 0.29) is 0 Å². The number of piperidine rings is 1. The van der Waals surface area contributed by atoms with E-state index in [2.05, 4.69) is 38.0 Å². The average Bonchev–Trinajstić information content (AvgIpc) is 3.11. The second-order valence-electron chi connectivity index (χ2n) is 6.12. The van der Waals surface area contributed by atoms with Crippen molar-refractivity contribution in [3.8, 4) is 0 Å². The number of benzene rings is 1. The van der Waals surface area contributed by atoms with E-state index in [1.165, 1.54) is 0 Å². The van der Waals surface area contributed by atoms with Crippen LogP contribution in [0.5, 0.6) is 0 Å². The fourth-order valence-electron chi connectivity index (χ4n) is 3.33. The molecule has 0 spiro atoms. The molecule has 0 atom stereocenters. The first kappa shape index (κ1) is 14.7. The second kappa shape index (κ2) is 6.30. The van der Waals surface area contributed by atoms with Crippen molar-refractivity contribution >= 4 is 22.5 Å². The maximum absolute atomic E-state index is 6.38. The molecule has 4 nitrogen and oxygen atoms in total. The van der Waals surface area contributed by atoms with E-state index in [9.17, 15) is 0 Å². The molecule has 0 N–H and O–H groups in total. The molecule has 1 saturated heterocycles. The van der Waals surface area contributed by atoms with E-state index < -0.39 is 0 Å². The molecule has 0 amide bonds. The lowest BCUT2D eigenvalue weighted by atomic mass is 10.0. The highest BCUT2D eigenvalue weighted by atomic mass is 35.5. The van der Waals surface area contributed by atoms with Gasteiger partial charge >= 0.3 is 0 Å². The molecule has 1 aromatic carbocycles. The van der Waals surface area contributed by atoms with Gasteiger partial charge in [0.2, 0.25) is 0 Å². The van der Waals surface area contributed by atoms with Crippen molar-refractivity contribution in [1.29, 1.82) is 0 Å². The number of fused-ring (bicyclic) bond motifs is 1. The molecule has 3 aromatic rings. The molecule has 1 fully saturated rings. The lowest BCUT2D eigenvalue weighted by molar-refractivity contribution is 0.173. The Kier molecular flexibility index (Phi) is 4.02. The van der Waals surface area contributed by atoms with E-state index in [1.807, 2.05) is 30.5 Å². The molecular weight excluding hydrogens is 308 g/mol. The standard InChI is InChI=1S/C18H19ClN4/c19-18-15(12-14-4-1-2-5-17(14)21-18)13-22-10-6-16(7-11-22)23-9-3-8-20-23/h1-5,8-9,12,16H,6-7,10-11,13H2. The van der Waals surface area contributed by atoms with Crippen LogP contribution in [0.25, 0.3) is 10.9 Å². The smallest absolute Gasteiger partial charge is 0.134 e. The number of para-hydroxylation sites is 1. The number of likely N-dealkylation sites (tertiary alicyclic amines) is 1. The van der Waals surface area contributed by atoms with Gasteiger partial charge in [-0.15, -0.1) is 0 Å². The maximum atomic E-state index is 6.38. The summed E-state index contributed by atoms with van der Waals surface area (Å²) in [7, 11) is 0. The Morgan fingerprint density at radius 1 is 1.13 bits per heavy atom. The number of hydrogen-bond donors (Lipinski definition) is 0. The number of pyridine rings is 1. The molecule has 0 radical (unpaired) electrons. The van der Waals surface area contributed by atoms with E-state index in [1.54, 1.807) is 0 Å². The Morgan fingerprint density at radius 2 is 1.96 bits per heavy atom. The molecule has 1 aliphatic heterocycles. The van der Waals surface area contributed by atoms with E-state index in [0.717, 1.165) is 48.9 Å². The molecule has 23 heavy (non-hydrogen) atoms. The minimum Gasteiger partial charge on any atom is -0.299 e. The zero-order chi connectivity index (χ0) is 15.6. The largest absolute Gasteiger partial charge is 0.299 e. The molecule has 5 heteroatoms. The number of rotatable bonds is 3. The highest BCUT2D eigenvalue weighted by Gasteiger charge is 2.21. The van der Waals surface area contributed by atoms with Gasteiger partial charge in [0.25, 0.3) is 0 Å². The fourth-order valence-corrected chi connectivity index (χ4v) is 3.53. The molecule has 1 aliphatic rings. The third kappa shape index (κ3) is 3.09. The molecule has 0 aliphatic carbocycles. The highest BCUT2D eigenvalue weighted by Crippen LogP contribution is 2.26. The van der Waals surface area contributed by atoms with Crippen LogP contribution in [0.1, 0.15) is 24.4 Å². The maximum Gasteiger partial charge on any atom is 0.134 e. The van der Waals surface area contributed by atoms with Crippen molar-refractivity contribution in [1.82, 2.24) is 19.7 Å². The molecule has 4 rings (SSSR count). The van der Waals surface area contributed by atoms with Gasteiger partial charge in [-0.3, -0.25) is 9.58 Å². The highest BCUT2D eigenvalue weighted by molar-refractivity contribution is 6.30. The molecule has 3 heterocycles. The summed E-state index contributed by atoms with van der Waals surface area (Å²) >= 11 is 6.38. The number of nitrogens with zero attached hydrogens (tertiary/aromatic N) is 4. The minimum atomic E-state index is 0.520. The van der Waals surface area contributed by atoms with Gasteiger partial charge in [-0.2, -0.15) is 5.10 Å². The molecule has 118 valence electrons. The summed E-state index contributed by atoms with van der Waals surface area (Å²) in [5.74, 6) is 0. The summed E-state index contributed by atoms with van der Waals surface area (Å²) in [4.78, 5) is 6.98. The molecule has 0 unspecified atom stereocenters. The van der Waals surface area contributed by atoms with Crippen molar-refractivity contribution in [3.63, 3.8) is 0 Å². The van der Waals surface area contributed by atoms with Crippen molar-refractivity contribution in [3.05, 3.63) is 59.5 Å². The third-order valence-corrected chi connectivity index (χ3v) is 4.93. The SMILES string of the molecule is Clc1nc2ccccc2cc1CN1CCC(n2cccn2)CC1. The van der Waals surface area contributed by atoms with Crippen LogP contribution in [0.2, 0.25) is 5.15 Å². The second-order valence-corrected chi connectivity index (χ2v) is 6.48. The average molecular weight is 327 g/mol. The lowest BCUT2D eigenvalue weighted by Crippen LogP contribution is -2.34. The summed E-state index contributed by atoms with van der Waals surface area (Å²) < 4.78 is 2.09. The fraction of sp³-hybridized carbons (Fsp3) is 0.333.